The molecule has 2 aliphatic carbocycles. The van der Waals surface area contributed by atoms with Crippen LogP contribution in [0.5, 0.6) is 0 Å². The lowest BCUT2D eigenvalue weighted by molar-refractivity contribution is -0.303. The molecule has 2 aliphatic rings. The molecule has 2 saturated carbocycles. The van der Waals surface area contributed by atoms with E-state index >= 15 is 0 Å². The molecular formula is C23H24N6O3. The molecule has 6 rings (SSSR count). The lowest BCUT2D eigenvalue weighted by atomic mass is 9.76. The number of carbonyl (C=O) groups excluding carboxylic acids is 1. The van der Waals surface area contributed by atoms with E-state index in [-0.39, 0.29) is 16.6 Å². The quantitative estimate of drug-likeness (QED) is 0.271. The number of para-hydroxylation sites is 1. The van der Waals surface area contributed by atoms with Gasteiger partial charge in [0.05, 0.1) is 0 Å². The van der Waals surface area contributed by atoms with E-state index in [0.29, 0.717) is 39.5 Å². The van der Waals surface area contributed by atoms with Crippen molar-refractivity contribution in [2.24, 2.45) is 22.7 Å². The smallest absolute Gasteiger partial charge is 0.172 e. The Kier molecular flexibility index (Phi) is 3.91. The Hall–Kier alpha value is -3.49. The van der Waals surface area contributed by atoms with Gasteiger partial charge in [0.2, 0.25) is 0 Å². The molecule has 0 N–H and O–H groups in total. The highest BCUT2D eigenvalue weighted by Crippen LogP contribution is 2.76. The van der Waals surface area contributed by atoms with Crippen LogP contribution in [0.25, 0.3) is 22.1 Å². The third kappa shape index (κ3) is 2.47. The number of Topliss-reactive ketones (excluding diaryl/α,β-unsaturated/α-hetero) is 1. The van der Waals surface area contributed by atoms with Gasteiger partial charge in [-0.05, 0) is 74.5 Å². The number of aromatic nitrogens is 6. The highest BCUT2D eigenvalue weighted by Gasteiger charge is 2.75. The highest BCUT2D eigenvalue weighted by molar-refractivity contribution is 6.11. The van der Waals surface area contributed by atoms with Crippen LogP contribution in [0, 0.1) is 22.7 Å². The number of nitrogens with zero attached hydrogens (tertiary/aromatic N) is 6. The molecule has 0 radical (unpaired) electrons. The summed E-state index contributed by atoms with van der Waals surface area (Å²) in [6, 6.07) is 12.8. The van der Waals surface area contributed by atoms with Crippen molar-refractivity contribution in [3.05, 3.63) is 48.0 Å². The molecule has 4 aromatic rings. The normalized spacial score (nSPS) is 26.1. The standard InChI is InChI=1S/C23H24N6O3/c1-14-11-12-19-22(2,3)23(19,13-14)21(30)15-7-6-10-18-20(15)25-27-29(18)32-31-28-17-9-5-4-8-16(17)24-26-28/h4-10,14,19H,11-13H2,1-3H3. The van der Waals surface area contributed by atoms with Gasteiger partial charge in [-0.2, -0.15) is 0 Å². The minimum absolute atomic E-state index is 0.000756. The van der Waals surface area contributed by atoms with Crippen LogP contribution >= 0.6 is 0 Å². The minimum atomic E-state index is -0.320. The Balaban J connectivity index is 1.32. The topological polar surface area (TPSA) is 97.0 Å². The number of rotatable bonds is 5. The Morgan fingerprint density at radius 1 is 0.969 bits per heavy atom. The molecule has 3 unspecified atom stereocenters. The van der Waals surface area contributed by atoms with Gasteiger partial charge in [-0.25, -0.2) is 0 Å². The van der Waals surface area contributed by atoms with Crippen molar-refractivity contribution < 1.29 is 14.8 Å². The summed E-state index contributed by atoms with van der Waals surface area (Å²) in [5.74, 6) is 1.13. The van der Waals surface area contributed by atoms with E-state index in [9.17, 15) is 4.79 Å². The number of benzene rings is 2. The van der Waals surface area contributed by atoms with E-state index in [4.69, 9.17) is 9.98 Å². The van der Waals surface area contributed by atoms with E-state index < -0.39 is 0 Å². The van der Waals surface area contributed by atoms with Gasteiger partial charge in [-0.15, -0.1) is 20.2 Å². The van der Waals surface area contributed by atoms with E-state index in [0.717, 1.165) is 22.5 Å². The Bertz CT molecular complexity index is 1360. The fourth-order valence-electron chi connectivity index (χ4n) is 5.99. The first-order valence-corrected chi connectivity index (χ1v) is 11.0. The highest BCUT2D eigenvalue weighted by atomic mass is 17.3. The average Bonchev–Trinajstić information content (AvgIpc) is 3.16. The van der Waals surface area contributed by atoms with Crippen molar-refractivity contribution in [3.8, 4) is 0 Å². The Morgan fingerprint density at radius 3 is 2.53 bits per heavy atom. The monoisotopic (exact) mass is 432 g/mol. The molecule has 0 aliphatic heterocycles. The zero-order valence-electron chi connectivity index (χ0n) is 18.2. The number of hydrogen-bond acceptors (Lipinski definition) is 7. The second-order valence-corrected chi connectivity index (χ2v) is 9.70. The third-order valence-corrected chi connectivity index (χ3v) is 7.74. The van der Waals surface area contributed by atoms with E-state index in [2.05, 4.69) is 41.4 Å². The summed E-state index contributed by atoms with van der Waals surface area (Å²) in [6.45, 7) is 6.70. The molecule has 2 aromatic carbocycles. The number of fused-ring (bicyclic) bond motifs is 3. The maximum atomic E-state index is 13.9. The van der Waals surface area contributed by atoms with Crippen molar-refractivity contribution in [3.63, 3.8) is 0 Å². The summed E-state index contributed by atoms with van der Waals surface area (Å²) in [5, 5.41) is 16.3. The fraction of sp³-hybridized carbons (Fsp3) is 0.435. The van der Waals surface area contributed by atoms with Crippen molar-refractivity contribution in [2.45, 2.75) is 40.0 Å². The van der Waals surface area contributed by atoms with Crippen LogP contribution in [0.4, 0.5) is 0 Å². The summed E-state index contributed by atoms with van der Waals surface area (Å²) in [7, 11) is 0. The van der Waals surface area contributed by atoms with Gasteiger partial charge in [0.1, 0.15) is 22.1 Å². The van der Waals surface area contributed by atoms with Crippen LogP contribution in [-0.2, 0) is 0 Å². The first-order valence-electron chi connectivity index (χ1n) is 11.0. The van der Waals surface area contributed by atoms with E-state index in [1.807, 2.05) is 36.4 Å². The molecule has 0 amide bonds. The lowest BCUT2D eigenvalue weighted by Crippen LogP contribution is -2.27. The molecule has 0 spiro atoms. The summed E-state index contributed by atoms with van der Waals surface area (Å²) >= 11 is 0. The largest absolute Gasteiger partial charge is 0.293 e. The maximum absolute atomic E-state index is 13.9. The summed E-state index contributed by atoms with van der Waals surface area (Å²) in [5.41, 5.74) is 2.67. The van der Waals surface area contributed by atoms with Crippen LogP contribution in [0.2, 0.25) is 0 Å². The van der Waals surface area contributed by atoms with Crippen LogP contribution in [0.3, 0.4) is 0 Å². The van der Waals surface area contributed by atoms with Gasteiger partial charge in [0, 0.05) is 11.0 Å². The van der Waals surface area contributed by atoms with Gasteiger partial charge < -0.3 is 0 Å². The van der Waals surface area contributed by atoms with E-state index in [1.54, 1.807) is 6.07 Å². The second kappa shape index (κ2) is 6.51. The SMILES string of the molecule is CC1CCC2C(C)(C)C2(C(=O)c2cccc3c2nnn3OOn2nnc3ccccc32)C1. The van der Waals surface area contributed by atoms with E-state index in [1.165, 1.54) is 6.42 Å². The molecule has 164 valence electrons. The number of carbonyl (C=O) groups is 1. The molecule has 32 heavy (non-hydrogen) atoms. The maximum Gasteiger partial charge on any atom is 0.172 e. The zero-order valence-corrected chi connectivity index (χ0v) is 18.2. The Labute approximate surface area is 184 Å². The Morgan fingerprint density at radius 2 is 1.69 bits per heavy atom. The summed E-state index contributed by atoms with van der Waals surface area (Å²) < 4.78 is 0. The second-order valence-electron chi connectivity index (χ2n) is 9.70. The molecular weight excluding hydrogens is 408 g/mol. The van der Waals surface area contributed by atoms with Crippen molar-refractivity contribution in [1.82, 2.24) is 30.3 Å². The predicted octanol–water partition coefficient (Wildman–Crippen LogP) is 3.29. The van der Waals surface area contributed by atoms with Crippen molar-refractivity contribution >= 4 is 27.9 Å². The first-order chi connectivity index (χ1) is 15.4. The fourth-order valence-corrected chi connectivity index (χ4v) is 5.99. The molecule has 2 fully saturated rings. The van der Waals surface area contributed by atoms with Crippen LogP contribution in [0.1, 0.15) is 50.4 Å². The van der Waals surface area contributed by atoms with Gasteiger partial charge in [-0.3, -0.25) is 4.79 Å². The van der Waals surface area contributed by atoms with Crippen LogP contribution in [0.15, 0.2) is 42.5 Å². The number of ketones is 1. The molecule has 3 atom stereocenters. The summed E-state index contributed by atoms with van der Waals surface area (Å²) in [6.07, 6.45) is 3.21. The molecule has 0 saturated heterocycles. The van der Waals surface area contributed by atoms with Crippen molar-refractivity contribution in [1.29, 1.82) is 0 Å². The van der Waals surface area contributed by atoms with Crippen LogP contribution < -0.4 is 9.98 Å². The third-order valence-electron chi connectivity index (χ3n) is 7.74. The molecule has 2 aromatic heterocycles. The molecule has 2 heterocycles. The number of hydrogen-bond donors (Lipinski definition) is 0. The van der Waals surface area contributed by atoms with Gasteiger partial charge in [0.25, 0.3) is 0 Å². The first kappa shape index (κ1) is 19.2. The molecule has 9 nitrogen and oxygen atoms in total. The minimum Gasteiger partial charge on any atom is -0.293 e. The van der Waals surface area contributed by atoms with Crippen molar-refractivity contribution in [2.75, 3.05) is 0 Å². The molecule has 0 bridgehead atoms. The van der Waals surface area contributed by atoms with Gasteiger partial charge in [0.15, 0.2) is 5.78 Å². The van der Waals surface area contributed by atoms with Gasteiger partial charge >= 0.3 is 0 Å². The van der Waals surface area contributed by atoms with Crippen LogP contribution in [-0.4, -0.2) is 36.1 Å². The molecule has 9 heteroatoms. The van der Waals surface area contributed by atoms with Gasteiger partial charge in [-0.1, -0.05) is 45.4 Å². The lowest BCUT2D eigenvalue weighted by Gasteiger charge is -2.27. The summed E-state index contributed by atoms with van der Waals surface area (Å²) in [4.78, 5) is 26.9. The zero-order chi connectivity index (χ0) is 22.1. The predicted molar refractivity (Wildman–Crippen MR) is 115 cm³/mol. The average molecular weight is 432 g/mol.